The lowest BCUT2D eigenvalue weighted by molar-refractivity contribution is -0.167. The lowest BCUT2D eigenvalue weighted by Crippen LogP contribution is -2.30. The van der Waals surface area contributed by atoms with Crippen molar-refractivity contribution in [3.8, 4) is 0 Å². The molecule has 0 aromatic rings. The minimum Gasteiger partial charge on any atom is -0.462 e. The van der Waals surface area contributed by atoms with Crippen molar-refractivity contribution in [3.63, 3.8) is 0 Å². The highest BCUT2D eigenvalue weighted by Gasteiger charge is 2.19. The van der Waals surface area contributed by atoms with Gasteiger partial charge in [0.2, 0.25) is 0 Å². The average Bonchev–Trinajstić information content (AvgIpc) is 3.29. The van der Waals surface area contributed by atoms with Gasteiger partial charge in [0.15, 0.2) is 6.10 Å². The monoisotopic (exact) mass is 919 g/mol. The second-order valence-electron chi connectivity index (χ2n) is 21.0. The Bertz CT molecular complexity index is 995. The number of carbonyl (C=O) groups is 3. The maximum Gasteiger partial charge on any atom is 0.306 e. The number of hydrogen-bond acceptors (Lipinski definition) is 6. The van der Waals surface area contributed by atoms with Crippen LogP contribution in [0.25, 0.3) is 0 Å². The summed E-state index contributed by atoms with van der Waals surface area (Å²) in [6.45, 7) is 11.4. The summed E-state index contributed by atoms with van der Waals surface area (Å²) >= 11 is 0. The van der Waals surface area contributed by atoms with Crippen LogP contribution in [0.2, 0.25) is 0 Å². The first-order valence-corrected chi connectivity index (χ1v) is 29.3. The van der Waals surface area contributed by atoms with Gasteiger partial charge >= 0.3 is 17.9 Å². The first-order valence-electron chi connectivity index (χ1n) is 29.3. The molecule has 0 saturated heterocycles. The molecule has 0 aromatic carbocycles. The maximum atomic E-state index is 12.8. The molecule has 0 saturated carbocycles. The van der Waals surface area contributed by atoms with Gasteiger partial charge in [-0.25, -0.2) is 0 Å². The van der Waals surface area contributed by atoms with E-state index in [2.05, 4.69) is 34.6 Å². The van der Waals surface area contributed by atoms with Gasteiger partial charge in [0, 0.05) is 19.3 Å². The van der Waals surface area contributed by atoms with E-state index in [0.29, 0.717) is 19.3 Å². The third-order valence-electron chi connectivity index (χ3n) is 13.8. The van der Waals surface area contributed by atoms with Crippen LogP contribution in [0.3, 0.4) is 0 Å². The van der Waals surface area contributed by atoms with Crippen LogP contribution in [0.1, 0.15) is 330 Å². The molecule has 0 aliphatic carbocycles. The van der Waals surface area contributed by atoms with E-state index >= 15 is 0 Å². The highest BCUT2D eigenvalue weighted by molar-refractivity contribution is 5.71. The Balaban J connectivity index is 4.26. The van der Waals surface area contributed by atoms with E-state index < -0.39 is 6.10 Å². The molecule has 0 amide bonds. The Kier molecular flexibility index (Phi) is 50.5. The van der Waals surface area contributed by atoms with Crippen molar-refractivity contribution in [3.05, 3.63) is 0 Å². The van der Waals surface area contributed by atoms with Crippen molar-refractivity contribution in [2.75, 3.05) is 13.2 Å². The highest BCUT2D eigenvalue weighted by Crippen LogP contribution is 2.19. The number of rotatable bonds is 53. The summed E-state index contributed by atoms with van der Waals surface area (Å²) in [4.78, 5) is 38.1. The summed E-state index contributed by atoms with van der Waals surface area (Å²) in [5.74, 6) is 0.853. The van der Waals surface area contributed by atoms with Crippen LogP contribution < -0.4 is 0 Å². The van der Waals surface area contributed by atoms with E-state index in [1.54, 1.807) is 0 Å². The number of esters is 3. The summed E-state index contributed by atoms with van der Waals surface area (Å²) < 4.78 is 16.9. The van der Waals surface area contributed by atoms with Gasteiger partial charge in [-0.1, -0.05) is 291 Å². The van der Waals surface area contributed by atoms with E-state index in [-0.39, 0.29) is 31.1 Å². The van der Waals surface area contributed by atoms with Crippen LogP contribution >= 0.6 is 0 Å². The van der Waals surface area contributed by atoms with Crippen molar-refractivity contribution < 1.29 is 28.6 Å². The zero-order valence-electron chi connectivity index (χ0n) is 44.6. The summed E-state index contributed by atoms with van der Waals surface area (Å²) in [6.07, 6.45) is 55.2. The summed E-state index contributed by atoms with van der Waals surface area (Å²) in [5.41, 5.74) is 0. The van der Waals surface area contributed by atoms with Crippen LogP contribution in [0.15, 0.2) is 0 Å². The molecule has 0 radical (unpaired) electrons. The average molecular weight is 920 g/mol. The summed E-state index contributed by atoms with van der Waals surface area (Å²) in [6, 6.07) is 0. The van der Waals surface area contributed by atoms with E-state index in [0.717, 1.165) is 69.6 Å². The van der Waals surface area contributed by atoms with Crippen LogP contribution in [0, 0.1) is 11.8 Å². The van der Waals surface area contributed by atoms with E-state index in [1.165, 1.54) is 218 Å². The summed E-state index contributed by atoms with van der Waals surface area (Å²) in [7, 11) is 0. The Morgan fingerprint density at radius 3 is 0.877 bits per heavy atom. The largest absolute Gasteiger partial charge is 0.462 e. The highest BCUT2D eigenvalue weighted by atomic mass is 16.6. The third kappa shape index (κ3) is 51.6. The number of carbonyl (C=O) groups excluding carboxylic acids is 3. The minimum absolute atomic E-state index is 0.0631. The first-order chi connectivity index (χ1) is 31.8. The fraction of sp³-hybridized carbons (Fsp3) is 0.949. The fourth-order valence-electron chi connectivity index (χ4n) is 9.02. The predicted molar refractivity (Wildman–Crippen MR) is 280 cm³/mol. The second-order valence-corrected chi connectivity index (χ2v) is 21.0. The van der Waals surface area contributed by atoms with Gasteiger partial charge in [0.1, 0.15) is 13.2 Å². The molecule has 6 heteroatoms. The number of ether oxygens (including phenoxy) is 3. The molecule has 0 rings (SSSR count). The fourth-order valence-corrected chi connectivity index (χ4v) is 9.02. The van der Waals surface area contributed by atoms with Crippen molar-refractivity contribution in [1.29, 1.82) is 0 Å². The van der Waals surface area contributed by atoms with Crippen molar-refractivity contribution in [2.24, 2.45) is 11.8 Å². The zero-order chi connectivity index (χ0) is 47.5. The quantitative estimate of drug-likeness (QED) is 0.0344. The van der Waals surface area contributed by atoms with E-state index in [4.69, 9.17) is 14.2 Å². The molecule has 6 nitrogen and oxygen atoms in total. The Morgan fingerprint density at radius 2 is 0.585 bits per heavy atom. The van der Waals surface area contributed by atoms with Crippen LogP contribution in [-0.2, 0) is 28.6 Å². The molecule has 1 unspecified atom stereocenters. The van der Waals surface area contributed by atoms with Gasteiger partial charge in [-0.2, -0.15) is 0 Å². The van der Waals surface area contributed by atoms with Crippen molar-refractivity contribution >= 4 is 17.9 Å². The molecular formula is C59H114O6. The summed E-state index contributed by atoms with van der Waals surface area (Å²) in [5, 5.41) is 0. The normalized spacial score (nSPS) is 12.5. The topological polar surface area (TPSA) is 78.9 Å². The van der Waals surface area contributed by atoms with E-state index in [1.807, 2.05) is 0 Å². The molecule has 65 heavy (non-hydrogen) atoms. The van der Waals surface area contributed by atoms with Gasteiger partial charge in [-0.05, 0) is 31.1 Å². The third-order valence-corrected chi connectivity index (χ3v) is 13.8. The first kappa shape index (κ1) is 63.4. The van der Waals surface area contributed by atoms with Gasteiger partial charge in [0.25, 0.3) is 0 Å². The molecule has 2 atom stereocenters. The molecule has 0 aliphatic rings. The molecule has 0 heterocycles. The second kappa shape index (κ2) is 51.8. The van der Waals surface area contributed by atoms with Gasteiger partial charge in [-0.3, -0.25) is 14.4 Å². The van der Waals surface area contributed by atoms with Crippen LogP contribution in [0.5, 0.6) is 0 Å². The molecular weight excluding hydrogens is 805 g/mol. The lowest BCUT2D eigenvalue weighted by atomic mass is 9.99. The van der Waals surface area contributed by atoms with E-state index in [9.17, 15) is 14.4 Å². The molecule has 386 valence electrons. The number of unbranched alkanes of at least 4 members (excludes halogenated alkanes) is 37. The lowest BCUT2D eigenvalue weighted by Gasteiger charge is -2.18. The Hall–Kier alpha value is -1.59. The van der Waals surface area contributed by atoms with Crippen LogP contribution in [0.4, 0.5) is 0 Å². The predicted octanol–water partition coefficient (Wildman–Crippen LogP) is 19.3. The van der Waals surface area contributed by atoms with Crippen LogP contribution in [-0.4, -0.2) is 37.2 Å². The zero-order valence-corrected chi connectivity index (χ0v) is 44.6. The molecule has 0 fully saturated rings. The number of hydrogen-bond donors (Lipinski definition) is 0. The smallest absolute Gasteiger partial charge is 0.306 e. The van der Waals surface area contributed by atoms with Crippen molar-refractivity contribution in [1.82, 2.24) is 0 Å². The van der Waals surface area contributed by atoms with Crippen molar-refractivity contribution in [2.45, 2.75) is 336 Å². The van der Waals surface area contributed by atoms with Gasteiger partial charge in [0.05, 0.1) is 0 Å². The molecule has 0 aromatic heterocycles. The molecule has 0 aliphatic heterocycles. The molecule has 0 N–H and O–H groups in total. The molecule has 0 bridgehead atoms. The minimum atomic E-state index is -0.763. The Labute approximate surface area is 406 Å². The van der Waals surface area contributed by atoms with Gasteiger partial charge < -0.3 is 14.2 Å². The molecule has 0 spiro atoms. The van der Waals surface area contributed by atoms with Gasteiger partial charge in [-0.15, -0.1) is 0 Å². The standard InChI is InChI=1S/C59H114O6/c1-6-8-9-10-11-12-13-14-15-16-19-22-25-28-34-39-44-49-57(60)63-52-56(65-59(62)51-46-41-36-31-30-33-38-43-48-55(5)7-2)53-64-58(61)50-45-40-35-29-26-23-20-17-18-21-24-27-32-37-42-47-54(3)4/h54-56H,6-53H2,1-5H3/t55?,56-/m0/s1. The SMILES string of the molecule is CCCCCCCCCCCCCCCCCCCC(=O)OC[C@@H](COC(=O)CCCCCCCCCCCCCCCCCC(C)C)OC(=O)CCCCCCCCCCC(C)CC. The maximum absolute atomic E-state index is 12.8. The Morgan fingerprint density at radius 1 is 0.323 bits per heavy atom.